The summed E-state index contributed by atoms with van der Waals surface area (Å²) >= 11 is 0. The molecule has 0 amide bonds. The number of carbonyl (C=O) groups is 1. The number of hydrogen-bond donors (Lipinski definition) is 2. The third-order valence-corrected chi connectivity index (χ3v) is 4.56. The Morgan fingerprint density at radius 2 is 1.65 bits per heavy atom. The molecular formula is C21H14N4O. The molecule has 3 aromatic carbocycles. The van der Waals surface area contributed by atoms with Gasteiger partial charge in [0.25, 0.3) is 0 Å². The number of nitrogens with zero attached hydrogens (tertiary/aromatic N) is 2. The Balaban J connectivity index is 1.60. The van der Waals surface area contributed by atoms with Gasteiger partial charge in [0.15, 0.2) is 5.82 Å². The van der Waals surface area contributed by atoms with Gasteiger partial charge in [0.05, 0.1) is 16.6 Å². The predicted octanol–water partition coefficient (Wildman–Crippen LogP) is 4.59. The van der Waals surface area contributed by atoms with E-state index >= 15 is 0 Å². The molecule has 0 saturated heterocycles. The van der Waals surface area contributed by atoms with Crippen LogP contribution < -0.4 is 0 Å². The maximum atomic E-state index is 10.8. The molecule has 5 aromatic rings. The lowest BCUT2D eigenvalue weighted by Crippen LogP contribution is -1.81. The first-order valence-corrected chi connectivity index (χ1v) is 8.31. The van der Waals surface area contributed by atoms with E-state index in [0.717, 1.165) is 50.9 Å². The minimum Gasteiger partial charge on any atom is -0.337 e. The Labute approximate surface area is 148 Å². The maximum absolute atomic E-state index is 10.8. The molecule has 5 heteroatoms. The molecule has 0 aliphatic carbocycles. The fourth-order valence-electron chi connectivity index (χ4n) is 3.20. The molecule has 0 spiro atoms. The molecule has 2 N–H and O–H groups in total. The van der Waals surface area contributed by atoms with Crippen molar-refractivity contribution in [1.82, 2.24) is 20.2 Å². The summed E-state index contributed by atoms with van der Waals surface area (Å²) in [6.45, 7) is 0. The molecule has 2 heterocycles. The molecule has 5 rings (SSSR count). The number of aromatic amines is 2. The first-order chi connectivity index (χ1) is 12.8. The zero-order valence-electron chi connectivity index (χ0n) is 13.7. The molecule has 124 valence electrons. The Morgan fingerprint density at radius 3 is 2.50 bits per heavy atom. The number of carbonyl (C=O) groups excluding carboxylic acids is 1. The van der Waals surface area contributed by atoms with Crippen LogP contribution in [0, 0.1) is 0 Å². The van der Waals surface area contributed by atoms with E-state index in [9.17, 15) is 4.79 Å². The van der Waals surface area contributed by atoms with E-state index in [1.54, 1.807) is 0 Å². The summed E-state index contributed by atoms with van der Waals surface area (Å²) in [5.74, 6) is 0.742. The van der Waals surface area contributed by atoms with Crippen molar-refractivity contribution < 1.29 is 4.79 Å². The number of aromatic nitrogens is 4. The normalized spacial score (nSPS) is 11.2. The van der Waals surface area contributed by atoms with E-state index in [2.05, 4.69) is 26.2 Å². The van der Waals surface area contributed by atoms with Gasteiger partial charge in [0.2, 0.25) is 0 Å². The van der Waals surface area contributed by atoms with E-state index < -0.39 is 0 Å². The van der Waals surface area contributed by atoms with Gasteiger partial charge < -0.3 is 4.98 Å². The lowest BCUT2D eigenvalue weighted by atomic mass is 10.0. The quantitative estimate of drug-likeness (QED) is 0.473. The number of H-pyrrole nitrogens is 2. The molecule has 5 nitrogen and oxygen atoms in total. The van der Waals surface area contributed by atoms with Crippen molar-refractivity contribution in [3.05, 3.63) is 72.3 Å². The molecule has 0 aliphatic heterocycles. The zero-order valence-corrected chi connectivity index (χ0v) is 13.7. The van der Waals surface area contributed by atoms with Crippen LogP contribution in [0.5, 0.6) is 0 Å². The summed E-state index contributed by atoms with van der Waals surface area (Å²) in [4.78, 5) is 18.9. The largest absolute Gasteiger partial charge is 0.337 e. The van der Waals surface area contributed by atoms with Crippen molar-refractivity contribution >= 4 is 28.2 Å². The predicted molar refractivity (Wildman–Crippen MR) is 102 cm³/mol. The second-order valence-corrected chi connectivity index (χ2v) is 6.17. The molecule has 0 radical (unpaired) electrons. The Bertz CT molecular complexity index is 1250. The molecule has 0 unspecified atom stereocenters. The van der Waals surface area contributed by atoms with Crippen LogP contribution in [0.1, 0.15) is 10.4 Å². The molecule has 0 fully saturated rings. The number of imidazole rings is 1. The summed E-state index contributed by atoms with van der Waals surface area (Å²) in [7, 11) is 0. The van der Waals surface area contributed by atoms with Gasteiger partial charge in [-0.2, -0.15) is 5.10 Å². The number of para-hydroxylation sites is 1. The van der Waals surface area contributed by atoms with Crippen molar-refractivity contribution in [1.29, 1.82) is 0 Å². The highest BCUT2D eigenvalue weighted by Gasteiger charge is 2.12. The minimum atomic E-state index is 0.670. The van der Waals surface area contributed by atoms with Gasteiger partial charge in [-0.3, -0.25) is 9.89 Å². The highest BCUT2D eigenvalue weighted by Crippen LogP contribution is 2.28. The van der Waals surface area contributed by atoms with Gasteiger partial charge in [0.1, 0.15) is 12.0 Å². The van der Waals surface area contributed by atoms with Gasteiger partial charge in [-0.05, 0) is 29.3 Å². The topological polar surface area (TPSA) is 74.4 Å². The summed E-state index contributed by atoms with van der Waals surface area (Å²) < 4.78 is 0. The third-order valence-electron chi connectivity index (χ3n) is 4.56. The van der Waals surface area contributed by atoms with Crippen molar-refractivity contribution in [3.8, 4) is 22.6 Å². The summed E-state index contributed by atoms with van der Waals surface area (Å²) in [6.07, 6.45) is 0.850. The monoisotopic (exact) mass is 338 g/mol. The van der Waals surface area contributed by atoms with Gasteiger partial charge >= 0.3 is 0 Å². The van der Waals surface area contributed by atoms with E-state index in [1.165, 1.54) is 0 Å². The number of benzene rings is 3. The molecule has 0 aliphatic rings. The molecule has 2 aromatic heterocycles. The van der Waals surface area contributed by atoms with Crippen LogP contribution in [0.25, 0.3) is 44.6 Å². The van der Waals surface area contributed by atoms with Crippen molar-refractivity contribution in [3.63, 3.8) is 0 Å². The van der Waals surface area contributed by atoms with Crippen LogP contribution in [0.15, 0.2) is 66.7 Å². The molecule has 0 atom stereocenters. The average molecular weight is 338 g/mol. The van der Waals surface area contributed by atoms with Gasteiger partial charge in [0, 0.05) is 10.9 Å². The Hall–Kier alpha value is -3.73. The second kappa shape index (κ2) is 5.67. The Morgan fingerprint density at radius 1 is 0.846 bits per heavy atom. The summed E-state index contributed by atoms with van der Waals surface area (Å²) in [5.41, 5.74) is 6.43. The fraction of sp³-hybridized carbons (Fsp3) is 0. The van der Waals surface area contributed by atoms with Crippen LogP contribution >= 0.6 is 0 Å². The average Bonchev–Trinajstić information content (AvgIpc) is 3.31. The fourth-order valence-corrected chi connectivity index (χ4v) is 3.20. The first kappa shape index (κ1) is 14.6. The number of nitrogens with one attached hydrogen (secondary N) is 2. The van der Waals surface area contributed by atoms with Crippen LogP contribution in [0.4, 0.5) is 0 Å². The van der Waals surface area contributed by atoms with Gasteiger partial charge in [-0.15, -0.1) is 0 Å². The molecule has 0 bridgehead atoms. The standard InChI is InChI=1S/C21H14N4O/c26-12-13-5-7-14(8-6-13)15-9-10-18-19(11-15)23-21(22-18)20-16-3-1-2-4-17(16)24-25-20/h1-12H,(H,22,23)(H,24,25). The third kappa shape index (κ3) is 2.29. The van der Waals surface area contributed by atoms with Crippen molar-refractivity contribution in [2.45, 2.75) is 0 Å². The number of rotatable bonds is 3. The lowest BCUT2D eigenvalue weighted by molar-refractivity contribution is 0.112. The number of fused-ring (bicyclic) bond motifs is 2. The molecular weight excluding hydrogens is 324 g/mol. The summed E-state index contributed by atoms with van der Waals surface area (Å²) in [5, 5.41) is 8.49. The van der Waals surface area contributed by atoms with E-state index in [1.807, 2.05) is 60.7 Å². The smallest absolute Gasteiger partial charge is 0.159 e. The van der Waals surface area contributed by atoms with E-state index in [-0.39, 0.29) is 0 Å². The molecule has 26 heavy (non-hydrogen) atoms. The van der Waals surface area contributed by atoms with E-state index in [0.29, 0.717) is 5.56 Å². The lowest BCUT2D eigenvalue weighted by Gasteiger charge is -2.01. The first-order valence-electron chi connectivity index (χ1n) is 8.31. The van der Waals surface area contributed by atoms with Crippen molar-refractivity contribution in [2.75, 3.05) is 0 Å². The number of aldehydes is 1. The highest BCUT2D eigenvalue weighted by molar-refractivity contribution is 5.93. The maximum Gasteiger partial charge on any atom is 0.159 e. The van der Waals surface area contributed by atoms with Crippen LogP contribution in [-0.4, -0.2) is 26.5 Å². The van der Waals surface area contributed by atoms with Crippen molar-refractivity contribution in [2.24, 2.45) is 0 Å². The highest BCUT2D eigenvalue weighted by atomic mass is 16.1. The van der Waals surface area contributed by atoms with Crippen LogP contribution in [0.2, 0.25) is 0 Å². The SMILES string of the molecule is O=Cc1ccc(-c2ccc3nc(-c4n[nH]c5ccccc45)[nH]c3c2)cc1. The Kier molecular flexibility index (Phi) is 3.18. The van der Waals surface area contributed by atoms with Crippen LogP contribution in [0.3, 0.4) is 0 Å². The molecule has 0 saturated carbocycles. The number of hydrogen-bond acceptors (Lipinski definition) is 3. The second-order valence-electron chi connectivity index (χ2n) is 6.17. The summed E-state index contributed by atoms with van der Waals surface area (Å²) in [6, 6.07) is 21.6. The van der Waals surface area contributed by atoms with Gasteiger partial charge in [-0.25, -0.2) is 4.98 Å². The minimum absolute atomic E-state index is 0.670. The van der Waals surface area contributed by atoms with Crippen LogP contribution in [-0.2, 0) is 0 Å². The van der Waals surface area contributed by atoms with Gasteiger partial charge in [-0.1, -0.05) is 48.5 Å². The zero-order chi connectivity index (χ0) is 17.5. The van der Waals surface area contributed by atoms with E-state index in [4.69, 9.17) is 0 Å².